The van der Waals surface area contributed by atoms with Crippen molar-refractivity contribution in [3.8, 4) is 20.9 Å². The second kappa shape index (κ2) is 16.3. The van der Waals surface area contributed by atoms with Crippen LogP contribution in [-0.4, -0.2) is 6.71 Å². The van der Waals surface area contributed by atoms with Gasteiger partial charge in [0.1, 0.15) is 0 Å². The first-order chi connectivity index (χ1) is 34.7. The molecule has 362 valence electrons. The summed E-state index contributed by atoms with van der Waals surface area (Å²) in [4.78, 5) is 8.10. The molecule has 73 heavy (non-hydrogen) atoms. The van der Waals surface area contributed by atoms with E-state index >= 15 is 0 Å². The molecule has 0 saturated carbocycles. The van der Waals surface area contributed by atoms with Crippen molar-refractivity contribution < 1.29 is 0 Å². The smallest absolute Gasteiger partial charge is 0.277 e. The van der Waals surface area contributed by atoms with Gasteiger partial charge in [-0.1, -0.05) is 111 Å². The highest BCUT2D eigenvalue weighted by Crippen LogP contribution is 2.55. The minimum atomic E-state index is -0.143. The normalized spacial score (nSPS) is 13.7. The number of benzene rings is 7. The Bertz CT molecular complexity index is 3750. The van der Waals surface area contributed by atoms with E-state index in [1.807, 2.05) is 45.3 Å². The lowest BCUT2D eigenvalue weighted by molar-refractivity contribution is 0.590. The molecule has 0 fully saturated rings. The Hall–Kier alpha value is -5.96. The second-order valence-corrected chi connectivity index (χ2v) is 28.4. The maximum absolute atomic E-state index is 2.74. The number of hydrogen-bond acceptors (Lipinski definition) is 6. The molecule has 0 bridgehead atoms. The zero-order valence-corrected chi connectivity index (χ0v) is 47.6. The molecule has 0 spiro atoms. The summed E-state index contributed by atoms with van der Waals surface area (Å²) in [6, 6.07) is 52.1. The number of nitrogens with zero attached hydrogens (tertiary/aromatic N) is 2. The third-order valence-electron chi connectivity index (χ3n) is 15.7. The maximum atomic E-state index is 2.74. The van der Waals surface area contributed by atoms with Crippen molar-refractivity contribution in [3.05, 3.63) is 172 Å². The van der Waals surface area contributed by atoms with Crippen LogP contribution in [0.15, 0.2) is 133 Å². The average Bonchev–Trinajstić information content (AvgIpc) is 4.15. The van der Waals surface area contributed by atoms with Crippen molar-refractivity contribution in [2.45, 2.75) is 106 Å². The molecule has 7 heteroatoms. The van der Waals surface area contributed by atoms with Crippen LogP contribution in [0.3, 0.4) is 0 Å². The van der Waals surface area contributed by atoms with Gasteiger partial charge in [-0.2, -0.15) is 0 Å². The lowest BCUT2D eigenvalue weighted by atomic mass is 9.39. The Morgan fingerprint density at radius 3 is 1.12 bits per heavy atom. The second-order valence-electron chi connectivity index (χ2n) is 24.0. The highest BCUT2D eigenvalue weighted by molar-refractivity contribution is 7.40. The molecule has 6 heterocycles. The van der Waals surface area contributed by atoms with E-state index < -0.39 is 0 Å². The van der Waals surface area contributed by atoms with Crippen LogP contribution < -0.4 is 24.8 Å². The van der Waals surface area contributed by atoms with Crippen molar-refractivity contribution in [3.63, 3.8) is 0 Å². The van der Waals surface area contributed by atoms with Gasteiger partial charge in [0.2, 0.25) is 0 Å². The molecule has 0 unspecified atom stereocenters. The summed E-state index contributed by atoms with van der Waals surface area (Å²) in [6.07, 6.45) is 0. The standard InChI is InChI=1S/C66H61BN2S4/c1-36-26-42(55-30-40-18-14-16-20-51(40)70-55)27-37(2)58(36)68-49-34-46(66(11,12)13)35-50-57(49)67(62-60(68)47-32-44(64(5,6)7)22-24-53(47)72-62)63-61(48-33-45(65(8,9)10)23-25-54(48)73-63)69(50)59-38(3)28-43(29-39(59)4)56-31-41-19-15-17-21-52(41)71-56/h14-35H,1-13H3. The van der Waals surface area contributed by atoms with E-state index in [1.165, 1.54) is 149 Å². The van der Waals surface area contributed by atoms with Crippen molar-refractivity contribution in [2.75, 3.05) is 9.80 Å². The predicted molar refractivity (Wildman–Crippen MR) is 328 cm³/mol. The van der Waals surface area contributed by atoms with E-state index in [2.05, 4.69) is 233 Å². The highest BCUT2D eigenvalue weighted by atomic mass is 32.1. The molecule has 2 aliphatic rings. The summed E-state index contributed by atoms with van der Waals surface area (Å²) in [6.45, 7) is 30.8. The lowest BCUT2D eigenvalue weighted by Crippen LogP contribution is -2.59. The van der Waals surface area contributed by atoms with Crippen LogP contribution in [0.1, 0.15) is 101 Å². The molecular weight excluding hydrogens is 960 g/mol. The van der Waals surface area contributed by atoms with Gasteiger partial charge in [-0.25, -0.2) is 0 Å². The third-order valence-corrected chi connectivity index (χ3v) is 20.5. The van der Waals surface area contributed by atoms with Gasteiger partial charge in [-0.3, -0.25) is 0 Å². The first-order valence-electron chi connectivity index (χ1n) is 25.8. The molecule has 0 saturated heterocycles. The number of anilines is 6. The quantitative estimate of drug-likeness (QED) is 0.162. The fourth-order valence-electron chi connectivity index (χ4n) is 12.0. The summed E-state index contributed by atoms with van der Waals surface area (Å²) in [7, 11) is 0. The minimum absolute atomic E-state index is 0.0122. The Kier molecular flexibility index (Phi) is 10.4. The van der Waals surface area contributed by atoms with Crippen LogP contribution in [-0.2, 0) is 16.2 Å². The monoisotopic (exact) mass is 1020 g/mol. The average molecular weight is 1020 g/mol. The van der Waals surface area contributed by atoms with Gasteiger partial charge in [-0.05, 0) is 195 Å². The minimum Gasteiger partial charge on any atom is -0.309 e. The molecular formula is C66H61BN2S4. The molecule has 2 aliphatic heterocycles. The van der Waals surface area contributed by atoms with Crippen LogP contribution in [0.5, 0.6) is 0 Å². The van der Waals surface area contributed by atoms with Crippen LogP contribution in [0, 0.1) is 27.7 Å². The summed E-state index contributed by atoms with van der Waals surface area (Å²) in [5.74, 6) is 0. The first kappa shape index (κ1) is 46.8. The van der Waals surface area contributed by atoms with Gasteiger partial charge in [0.25, 0.3) is 6.71 Å². The summed E-state index contributed by atoms with van der Waals surface area (Å²) in [5, 5.41) is 5.30. The summed E-state index contributed by atoms with van der Waals surface area (Å²) < 4.78 is 8.20. The first-order valence-corrected chi connectivity index (χ1v) is 29.1. The fraction of sp³-hybridized carbons (Fsp3) is 0.242. The molecule has 0 amide bonds. The molecule has 0 radical (unpaired) electrons. The van der Waals surface area contributed by atoms with Crippen LogP contribution in [0.2, 0.25) is 0 Å². The number of aryl methyl sites for hydroxylation is 4. The third kappa shape index (κ3) is 7.35. The van der Waals surface area contributed by atoms with E-state index in [4.69, 9.17) is 0 Å². The largest absolute Gasteiger partial charge is 0.309 e. The lowest BCUT2D eigenvalue weighted by Gasteiger charge is -2.44. The molecule has 2 nitrogen and oxygen atoms in total. The molecule has 0 aliphatic carbocycles. The van der Waals surface area contributed by atoms with Crippen LogP contribution >= 0.6 is 45.3 Å². The fourth-order valence-corrected chi connectivity index (χ4v) is 16.7. The predicted octanol–water partition coefficient (Wildman–Crippen LogP) is 19.1. The molecule has 13 rings (SSSR count). The number of hydrogen-bond donors (Lipinski definition) is 0. The SMILES string of the molecule is Cc1cc(-c2cc3ccccc3s2)cc(C)c1N1c2cc(C(C)(C)C)cc3c2B(c2sc4ccc(C(C)(C)C)cc4c21)c1sc2ccc(C(C)(C)C)cc2c1N3c1c(C)cc(-c2cc3ccccc3s2)cc1C. The van der Waals surface area contributed by atoms with E-state index in [0.29, 0.717) is 0 Å². The van der Waals surface area contributed by atoms with Crippen LogP contribution in [0.25, 0.3) is 61.2 Å². The van der Waals surface area contributed by atoms with Gasteiger partial charge in [0, 0.05) is 60.3 Å². The van der Waals surface area contributed by atoms with Gasteiger partial charge >= 0.3 is 0 Å². The van der Waals surface area contributed by atoms with E-state index in [1.54, 1.807) is 0 Å². The maximum Gasteiger partial charge on any atom is 0.277 e. The Labute approximate surface area is 447 Å². The Morgan fingerprint density at radius 2 is 0.753 bits per heavy atom. The molecule has 11 aromatic rings. The van der Waals surface area contributed by atoms with Gasteiger partial charge in [-0.15, -0.1) is 45.3 Å². The van der Waals surface area contributed by atoms with Gasteiger partial charge in [0.15, 0.2) is 0 Å². The van der Waals surface area contributed by atoms with Crippen molar-refractivity contribution in [2.24, 2.45) is 0 Å². The van der Waals surface area contributed by atoms with E-state index in [-0.39, 0.29) is 23.0 Å². The van der Waals surface area contributed by atoms with Gasteiger partial charge in [0.05, 0.1) is 22.7 Å². The number of rotatable bonds is 4. The molecule has 0 atom stereocenters. The van der Waals surface area contributed by atoms with E-state index in [0.717, 1.165) is 0 Å². The van der Waals surface area contributed by atoms with Crippen LogP contribution in [0.4, 0.5) is 34.1 Å². The van der Waals surface area contributed by atoms with Crippen molar-refractivity contribution in [1.82, 2.24) is 0 Å². The number of fused-ring (bicyclic) bond motifs is 10. The zero-order chi connectivity index (χ0) is 50.8. The number of thiophene rings is 4. The molecule has 7 aromatic carbocycles. The highest BCUT2D eigenvalue weighted by Gasteiger charge is 2.48. The van der Waals surface area contributed by atoms with Crippen molar-refractivity contribution >= 4 is 142 Å². The van der Waals surface area contributed by atoms with E-state index in [9.17, 15) is 0 Å². The van der Waals surface area contributed by atoms with Gasteiger partial charge < -0.3 is 9.80 Å². The summed E-state index contributed by atoms with van der Waals surface area (Å²) in [5.41, 5.74) is 20.8. The molecule has 0 N–H and O–H groups in total. The topological polar surface area (TPSA) is 6.48 Å². The van der Waals surface area contributed by atoms with Crippen molar-refractivity contribution in [1.29, 1.82) is 0 Å². The zero-order valence-electron chi connectivity index (χ0n) is 44.3. The Morgan fingerprint density at radius 1 is 0.370 bits per heavy atom. The Balaban J connectivity index is 1.14. The summed E-state index contributed by atoms with van der Waals surface area (Å²) >= 11 is 7.82. The molecule has 4 aromatic heterocycles.